The number of rotatable bonds is 1. The van der Waals surface area contributed by atoms with Gasteiger partial charge >= 0.3 is 0 Å². The van der Waals surface area contributed by atoms with Crippen LogP contribution in [-0.2, 0) is 11.2 Å². The van der Waals surface area contributed by atoms with Crippen LogP contribution in [0.25, 0.3) is 0 Å². The molecule has 19 heavy (non-hydrogen) atoms. The number of thioether (sulfide) groups is 1. The molecule has 0 saturated carbocycles. The van der Waals surface area contributed by atoms with E-state index in [0.717, 1.165) is 28.1 Å². The molecule has 102 valence electrons. The number of nitrogens with zero attached hydrogens (tertiary/aromatic N) is 1. The number of carbonyl (C=O) groups excluding carboxylic acids is 1. The zero-order valence-corrected chi connectivity index (χ0v) is 13.0. The predicted molar refractivity (Wildman–Crippen MR) is 81.7 cm³/mol. The van der Waals surface area contributed by atoms with Gasteiger partial charge in [0.2, 0.25) is 0 Å². The van der Waals surface area contributed by atoms with Gasteiger partial charge in [-0.3, -0.25) is 4.79 Å². The molecule has 2 aliphatic heterocycles. The number of carbonyl (C=O) groups is 1. The summed E-state index contributed by atoms with van der Waals surface area (Å²) in [5.41, 5.74) is 0.978. The van der Waals surface area contributed by atoms with Crippen LogP contribution in [-0.4, -0.2) is 34.7 Å². The maximum absolute atomic E-state index is 12.6. The standard InChI is InChI=1S/C14H16BrNO2S/c15-11-2-1-10-3-6-16(12(10)9-11)13(17)14(18)4-7-19-8-5-14/h1-2,9,18H,3-8H2. The van der Waals surface area contributed by atoms with Gasteiger partial charge in [-0.2, -0.15) is 11.8 Å². The highest BCUT2D eigenvalue weighted by Crippen LogP contribution is 2.35. The zero-order valence-electron chi connectivity index (χ0n) is 10.6. The van der Waals surface area contributed by atoms with E-state index in [4.69, 9.17) is 0 Å². The molecule has 0 unspecified atom stereocenters. The Hall–Kier alpha value is -0.520. The summed E-state index contributed by atoms with van der Waals surface area (Å²) in [6, 6.07) is 6.02. The summed E-state index contributed by atoms with van der Waals surface area (Å²) < 4.78 is 0.970. The van der Waals surface area contributed by atoms with E-state index in [1.54, 1.807) is 16.7 Å². The maximum atomic E-state index is 12.6. The lowest BCUT2D eigenvalue weighted by Crippen LogP contribution is -2.50. The molecule has 0 bridgehead atoms. The van der Waals surface area contributed by atoms with Crippen molar-refractivity contribution in [1.82, 2.24) is 0 Å². The SMILES string of the molecule is O=C(N1CCc2ccc(Br)cc21)C1(O)CCSCC1. The Morgan fingerprint density at radius 1 is 1.37 bits per heavy atom. The van der Waals surface area contributed by atoms with Gasteiger partial charge in [-0.15, -0.1) is 0 Å². The summed E-state index contributed by atoms with van der Waals surface area (Å²) in [5.74, 6) is 1.60. The van der Waals surface area contributed by atoms with Gasteiger partial charge in [0.15, 0.2) is 0 Å². The number of hydrogen-bond acceptors (Lipinski definition) is 3. The summed E-state index contributed by atoms with van der Waals surface area (Å²) in [6.07, 6.45) is 2.01. The number of halogens is 1. The fourth-order valence-corrected chi connectivity index (χ4v) is 4.25. The van der Waals surface area contributed by atoms with Gasteiger partial charge < -0.3 is 10.0 Å². The number of fused-ring (bicyclic) bond motifs is 1. The van der Waals surface area contributed by atoms with Crippen molar-refractivity contribution in [2.45, 2.75) is 24.9 Å². The Kier molecular flexibility index (Phi) is 3.62. The molecule has 1 amide bonds. The van der Waals surface area contributed by atoms with Gasteiger partial charge in [-0.1, -0.05) is 22.0 Å². The average molecular weight is 342 g/mol. The summed E-state index contributed by atoms with van der Waals surface area (Å²) in [5, 5.41) is 10.6. The highest BCUT2D eigenvalue weighted by molar-refractivity contribution is 9.10. The van der Waals surface area contributed by atoms with Crippen LogP contribution < -0.4 is 4.90 Å². The van der Waals surface area contributed by atoms with Crippen LogP contribution in [0.5, 0.6) is 0 Å². The van der Waals surface area contributed by atoms with Gasteiger partial charge in [0.05, 0.1) is 0 Å². The normalized spacial score (nSPS) is 21.3. The molecule has 1 aromatic rings. The van der Waals surface area contributed by atoms with Gasteiger partial charge in [-0.25, -0.2) is 0 Å². The van der Waals surface area contributed by atoms with E-state index in [2.05, 4.69) is 15.9 Å². The minimum Gasteiger partial charge on any atom is -0.380 e. The fourth-order valence-electron chi connectivity index (χ4n) is 2.74. The number of amides is 1. The van der Waals surface area contributed by atoms with E-state index in [-0.39, 0.29) is 5.91 Å². The first kappa shape index (κ1) is 13.5. The third kappa shape index (κ3) is 2.43. The van der Waals surface area contributed by atoms with Crippen LogP contribution in [0.4, 0.5) is 5.69 Å². The lowest BCUT2D eigenvalue weighted by atomic mass is 9.95. The first-order chi connectivity index (χ1) is 9.10. The van der Waals surface area contributed by atoms with Crippen molar-refractivity contribution in [3.8, 4) is 0 Å². The van der Waals surface area contributed by atoms with Crippen molar-refractivity contribution in [2.24, 2.45) is 0 Å². The van der Waals surface area contributed by atoms with Crippen molar-refractivity contribution in [3.05, 3.63) is 28.2 Å². The van der Waals surface area contributed by atoms with Gasteiger partial charge in [-0.05, 0) is 48.5 Å². The third-order valence-corrected chi connectivity index (χ3v) is 5.38. The predicted octanol–water partition coefficient (Wildman–Crippen LogP) is 2.60. The molecular weight excluding hydrogens is 326 g/mol. The maximum Gasteiger partial charge on any atom is 0.259 e. The molecular formula is C14H16BrNO2S. The molecule has 2 heterocycles. The van der Waals surface area contributed by atoms with E-state index >= 15 is 0 Å². The first-order valence-electron chi connectivity index (χ1n) is 6.51. The average Bonchev–Trinajstić information content (AvgIpc) is 2.81. The van der Waals surface area contributed by atoms with Crippen LogP contribution >= 0.6 is 27.7 Å². The summed E-state index contributed by atoms with van der Waals surface area (Å²) in [7, 11) is 0. The third-order valence-electron chi connectivity index (χ3n) is 3.91. The van der Waals surface area contributed by atoms with Gasteiger partial charge in [0, 0.05) is 16.7 Å². The molecule has 0 radical (unpaired) electrons. The fraction of sp³-hybridized carbons (Fsp3) is 0.500. The highest BCUT2D eigenvalue weighted by Gasteiger charge is 2.42. The minimum atomic E-state index is -1.16. The van der Waals surface area contributed by atoms with Crippen LogP contribution in [0.3, 0.4) is 0 Å². The molecule has 1 aromatic carbocycles. The van der Waals surface area contributed by atoms with E-state index in [1.807, 2.05) is 18.2 Å². The molecule has 0 aromatic heterocycles. The second-order valence-corrected chi connectivity index (χ2v) is 7.26. The summed E-state index contributed by atoms with van der Waals surface area (Å²) in [4.78, 5) is 14.4. The smallest absolute Gasteiger partial charge is 0.259 e. The van der Waals surface area contributed by atoms with Crippen molar-refractivity contribution in [2.75, 3.05) is 23.0 Å². The van der Waals surface area contributed by atoms with Crippen molar-refractivity contribution in [1.29, 1.82) is 0 Å². The second kappa shape index (κ2) is 5.11. The molecule has 1 saturated heterocycles. The lowest BCUT2D eigenvalue weighted by molar-refractivity contribution is -0.137. The van der Waals surface area contributed by atoms with E-state index in [1.165, 1.54) is 5.56 Å². The number of hydrogen-bond donors (Lipinski definition) is 1. The minimum absolute atomic E-state index is 0.121. The molecule has 2 aliphatic rings. The first-order valence-corrected chi connectivity index (χ1v) is 8.45. The number of benzene rings is 1. The quantitative estimate of drug-likeness (QED) is 0.853. The van der Waals surface area contributed by atoms with E-state index < -0.39 is 5.60 Å². The molecule has 3 rings (SSSR count). The number of anilines is 1. The Labute approximate surface area is 125 Å². The van der Waals surface area contributed by atoms with Crippen molar-refractivity contribution < 1.29 is 9.90 Å². The van der Waals surface area contributed by atoms with Gasteiger partial charge in [0.1, 0.15) is 5.60 Å². The Bertz CT molecular complexity index is 514. The van der Waals surface area contributed by atoms with Crippen molar-refractivity contribution in [3.63, 3.8) is 0 Å². The monoisotopic (exact) mass is 341 g/mol. The lowest BCUT2D eigenvalue weighted by Gasteiger charge is -2.34. The number of aliphatic hydroxyl groups is 1. The van der Waals surface area contributed by atoms with Gasteiger partial charge in [0.25, 0.3) is 5.91 Å². The second-order valence-electron chi connectivity index (χ2n) is 5.12. The van der Waals surface area contributed by atoms with E-state index in [0.29, 0.717) is 19.4 Å². The van der Waals surface area contributed by atoms with Crippen molar-refractivity contribution >= 4 is 39.3 Å². The highest BCUT2D eigenvalue weighted by atomic mass is 79.9. The molecule has 0 aliphatic carbocycles. The summed E-state index contributed by atoms with van der Waals surface area (Å²) in [6.45, 7) is 0.681. The zero-order chi connectivity index (χ0) is 13.5. The molecule has 1 N–H and O–H groups in total. The largest absolute Gasteiger partial charge is 0.380 e. The molecule has 5 heteroatoms. The molecule has 3 nitrogen and oxygen atoms in total. The van der Waals surface area contributed by atoms with Crippen LogP contribution in [0, 0.1) is 0 Å². The van der Waals surface area contributed by atoms with Crippen LogP contribution in [0.15, 0.2) is 22.7 Å². The Morgan fingerprint density at radius 3 is 2.84 bits per heavy atom. The topological polar surface area (TPSA) is 40.5 Å². The Balaban J connectivity index is 1.88. The van der Waals surface area contributed by atoms with Crippen LogP contribution in [0.2, 0.25) is 0 Å². The molecule has 0 spiro atoms. The van der Waals surface area contributed by atoms with E-state index in [9.17, 15) is 9.90 Å². The Morgan fingerprint density at radius 2 is 2.11 bits per heavy atom. The molecule has 1 fully saturated rings. The van der Waals surface area contributed by atoms with Crippen LogP contribution in [0.1, 0.15) is 18.4 Å². The molecule has 0 atom stereocenters. The summed E-state index contributed by atoms with van der Waals surface area (Å²) >= 11 is 5.25.